The van der Waals surface area contributed by atoms with E-state index in [1.54, 1.807) is 0 Å². The summed E-state index contributed by atoms with van der Waals surface area (Å²) in [6, 6.07) is 5.67. The smallest absolute Gasteiger partial charge is 0.119 e. The molecule has 0 heterocycles. The van der Waals surface area contributed by atoms with Gasteiger partial charge in [0.25, 0.3) is 0 Å². The summed E-state index contributed by atoms with van der Waals surface area (Å²) in [5.74, 6) is 0.846. The van der Waals surface area contributed by atoms with Crippen molar-refractivity contribution in [2.75, 3.05) is 13.2 Å². The van der Waals surface area contributed by atoms with Crippen molar-refractivity contribution >= 4 is 11.6 Å². The van der Waals surface area contributed by atoms with Crippen LogP contribution in [-0.2, 0) is 0 Å². The predicted octanol–water partition coefficient (Wildman–Crippen LogP) is 3.01. The van der Waals surface area contributed by atoms with Gasteiger partial charge in [0.15, 0.2) is 0 Å². The van der Waals surface area contributed by atoms with Crippen LogP contribution in [0.3, 0.4) is 0 Å². The third-order valence-electron chi connectivity index (χ3n) is 2.31. The molecule has 2 N–H and O–H groups in total. The van der Waals surface area contributed by atoms with Crippen LogP contribution >= 0.6 is 11.6 Å². The average molecular weight is 228 g/mol. The molecule has 1 aromatic carbocycles. The Morgan fingerprint density at radius 1 is 1.40 bits per heavy atom. The number of aryl methyl sites for hydroxylation is 1. The van der Waals surface area contributed by atoms with Gasteiger partial charge < -0.3 is 10.5 Å². The highest BCUT2D eigenvalue weighted by Crippen LogP contribution is 2.23. The summed E-state index contributed by atoms with van der Waals surface area (Å²) in [5.41, 5.74) is 6.66. The van der Waals surface area contributed by atoms with Crippen LogP contribution in [0.15, 0.2) is 18.2 Å². The zero-order chi connectivity index (χ0) is 11.5. The lowest BCUT2D eigenvalue weighted by atomic mass is 9.95. The lowest BCUT2D eigenvalue weighted by molar-refractivity contribution is 0.187. The number of hydrogen-bond donors (Lipinski definition) is 1. The fraction of sp³-hybridized carbons (Fsp3) is 0.500. The van der Waals surface area contributed by atoms with E-state index in [0.29, 0.717) is 13.2 Å². The van der Waals surface area contributed by atoms with Crippen LogP contribution in [0.25, 0.3) is 0 Å². The highest BCUT2D eigenvalue weighted by Gasteiger charge is 2.16. The Bertz CT molecular complexity index is 336. The number of halogens is 1. The second-order valence-electron chi connectivity index (χ2n) is 4.57. The molecule has 84 valence electrons. The molecule has 0 spiro atoms. The van der Waals surface area contributed by atoms with E-state index < -0.39 is 0 Å². The number of benzene rings is 1. The minimum absolute atomic E-state index is 0.00748. The second-order valence-corrected chi connectivity index (χ2v) is 4.98. The number of ether oxygens (including phenoxy) is 1. The monoisotopic (exact) mass is 227 g/mol. The van der Waals surface area contributed by atoms with Crippen LogP contribution in [0.1, 0.15) is 19.4 Å². The summed E-state index contributed by atoms with van der Waals surface area (Å²) in [6.07, 6.45) is 0. The molecule has 0 aliphatic heterocycles. The van der Waals surface area contributed by atoms with E-state index in [2.05, 4.69) is 13.8 Å². The summed E-state index contributed by atoms with van der Waals surface area (Å²) in [5, 5.41) is 0.764. The zero-order valence-electron chi connectivity index (χ0n) is 9.51. The van der Waals surface area contributed by atoms with Crippen LogP contribution < -0.4 is 10.5 Å². The summed E-state index contributed by atoms with van der Waals surface area (Å²) in [7, 11) is 0. The molecule has 0 radical (unpaired) electrons. The fourth-order valence-corrected chi connectivity index (χ4v) is 1.16. The first-order valence-electron chi connectivity index (χ1n) is 5.04. The summed E-state index contributed by atoms with van der Waals surface area (Å²) >= 11 is 5.92. The summed E-state index contributed by atoms with van der Waals surface area (Å²) in [6.45, 7) is 7.35. The van der Waals surface area contributed by atoms with Crippen LogP contribution in [0.5, 0.6) is 5.75 Å². The van der Waals surface area contributed by atoms with Crippen molar-refractivity contribution in [2.45, 2.75) is 20.8 Å². The minimum atomic E-state index is 0.00748. The summed E-state index contributed by atoms with van der Waals surface area (Å²) in [4.78, 5) is 0. The highest BCUT2D eigenvalue weighted by atomic mass is 35.5. The molecule has 0 saturated heterocycles. The molecular weight excluding hydrogens is 210 g/mol. The molecule has 0 saturated carbocycles. The lowest BCUT2D eigenvalue weighted by Crippen LogP contribution is -2.30. The molecule has 0 fully saturated rings. The third-order valence-corrected chi connectivity index (χ3v) is 2.74. The van der Waals surface area contributed by atoms with Crippen molar-refractivity contribution < 1.29 is 4.74 Å². The van der Waals surface area contributed by atoms with Gasteiger partial charge in [0.1, 0.15) is 5.75 Å². The van der Waals surface area contributed by atoms with E-state index in [1.807, 2.05) is 25.1 Å². The molecule has 1 rings (SSSR count). The van der Waals surface area contributed by atoms with Crippen molar-refractivity contribution in [3.8, 4) is 5.75 Å². The van der Waals surface area contributed by atoms with Crippen LogP contribution in [0, 0.1) is 12.3 Å². The molecule has 3 heteroatoms. The average Bonchev–Trinajstić information content (AvgIpc) is 2.20. The lowest BCUT2D eigenvalue weighted by Gasteiger charge is -2.22. The van der Waals surface area contributed by atoms with E-state index in [-0.39, 0.29) is 5.41 Å². The maximum atomic E-state index is 5.92. The molecule has 0 bridgehead atoms. The normalized spacial score (nSPS) is 11.5. The Hall–Kier alpha value is -0.730. The zero-order valence-corrected chi connectivity index (χ0v) is 10.3. The molecule has 0 amide bonds. The highest BCUT2D eigenvalue weighted by molar-refractivity contribution is 6.31. The molecule has 1 aromatic rings. The van der Waals surface area contributed by atoms with Crippen molar-refractivity contribution in [2.24, 2.45) is 11.1 Å². The number of rotatable bonds is 4. The first kappa shape index (κ1) is 12.3. The van der Waals surface area contributed by atoms with E-state index in [1.165, 1.54) is 0 Å². The van der Waals surface area contributed by atoms with Gasteiger partial charge in [-0.2, -0.15) is 0 Å². The van der Waals surface area contributed by atoms with Crippen LogP contribution in [-0.4, -0.2) is 13.2 Å². The molecule has 0 aromatic heterocycles. The number of nitrogens with two attached hydrogens (primary N) is 1. The Balaban J connectivity index is 2.62. The Kier molecular flexibility index (Phi) is 4.00. The van der Waals surface area contributed by atoms with Gasteiger partial charge in [-0.25, -0.2) is 0 Å². The van der Waals surface area contributed by atoms with Crippen molar-refractivity contribution in [3.63, 3.8) is 0 Å². The Labute approximate surface area is 96.4 Å². The molecule has 15 heavy (non-hydrogen) atoms. The third kappa shape index (κ3) is 3.73. The largest absolute Gasteiger partial charge is 0.493 e. The summed E-state index contributed by atoms with van der Waals surface area (Å²) < 4.78 is 5.66. The molecule has 0 unspecified atom stereocenters. The Morgan fingerprint density at radius 2 is 2.07 bits per heavy atom. The van der Waals surface area contributed by atoms with Gasteiger partial charge in [-0.15, -0.1) is 0 Å². The van der Waals surface area contributed by atoms with Crippen LogP contribution in [0.4, 0.5) is 0 Å². The quantitative estimate of drug-likeness (QED) is 0.858. The topological polar surface area (TPSA) is 35.2 Å². The van der Waals surface area contributed by atoms with E-state index in [0.717, 1.165) is 16.3 Å². The van der Waals surface area contributed by atoms with Gasteiger partial charge in [0.2, 0.25) is 0 Å². The first-order valence-corrected chi connectivity index (χ1v) is 5.41. The van der Waals surface area contributed by atoms with Crippen molar-refractivity contribution in [1.82, 2.24) is 0 Å². The van der Waals surface area contributed by atoms with E-state index >= 15 is 0 Å². The van der Waals surface area contributed by atoms with E-state index in [4.69, 9.17) is 22.1 Å². The van der Waals surface area contributed by atoms with Gasteiger partial charge in [0, 0.05) is 17.0 Å². The standard InChI is InChI=1S/C12H18ClNO/c1-9-6-10(4-5-11(9)13)15-8-12(2,3)7-14/h4-6H,7-8,14H2,1-3H3. The molecule has 0 atom stereocenters. The predicted molar refractivity (Wildman–Crippen MR) is 64.5 cm³/mol. The molecule has 0 aliphatic carbocycles. The molecular formula is C12H18ClNO. The van der Waals surface area contributed by atoms with Gasteiger partial charge in [0.05, 0.1) is 6.61 Å². The van der Waals surface area contributed by atoms with Gasteiger partial charge in [-0.05, 0) is 30.7 Å². The SMILES string of the molecule is Cc1cc(OCC(C)(C)CN)ccc1Cl. The molecule has 2 nitrogen and oxygen atoms in total. The fourth-order valence-electron chi connectivity index (χ4n) is 1.04. The second kappa shape index (κ2) is 4.86. The van der Waals surface area contributed by atoms with Gasteiger partial charge in [-0.1, -0.05) is 25.4 Å². The number of hydrogen-bond acceptors (Lipinski definition) is 2. The van der Waals surface area contributed by atoms with Crippen molar-refractivity contribution in [3.05, 3.63) is 28.8 Å². The van der Waals surface area contributed by atoms with Crippen LogP contribution in [0.2, 0.25) is 5.02 Å². The maximum Gasteiger partial charge on any atom is 0.119 e. The maximum absolute atomic E-state index is 5.92. The minimum Gasteiger partial charge on any atom is -0.493 e. The van der Waals surface area contributed by atoms with E-state index in [9.17, 15) is 0 Å². The first-order chi connectivity index (χ1) is 6.94. The van der Waals surface area contributed by atoms with Crippen molar-refractivity contribution in [1.29, 1.82) is 0 Å². The molecule has 0 aliphatic rings. The van der Waals surface area contributed by atoms with Gasteiger partial charge in [-0.3, -0.25) is 0 Å². The Morgan fingerprint density at radius 3 is 2.60 bits per heavy atom. The van der Waals surface area contributed by atoms with Gasteiger partial charge >= 0.3 is 0 Å².